The number of hydrogen-bond donors (Lipinski definition) is 4. The molecule has 0 saturated heterocycles. The molecule has 2 heterocycles. The molecule has 1 aliphatic rings. The standard InChI is InChI=1S/C24H25NO6.C4H6O7S/c1-28-20-10-14-7-8-25-18(5-6-24(26)27)17-13-23(31-4)21(29-2)11-15(17)9-19(25)16(14)12-22(20)30-3;5-3(6)1-2(4(7)8)12(9,10)11/h9-13H,5-8H2,1-4H3;2H,1H2,(H,5,6)(H,7,8)(H,9,10,11)/p+1. The summed E-state index contributed by atoms with van der Waals surface area (Å²) in [6.07, 6.45) is 0.115. The third-order valence-electron chi connectivity index (χ3n) is 6.84. The molecule has 0 spiro atoms. The summed E-state index contributed by atoms with van der Waals surface area (Å²) in [5, 5.41) is 25.2. The number of benzene rings is 2. The van der Waals surface area contributed by atoms with Crippen LogP contribution in [0.1, 0.15) is 24.1 Å². The fraction of sp³-hybridized carbons (Fsp3) is 0.357. The van der Waals surface area contributed by atoms with Crippen LogP contribution in [0.5, 0.6) is 23.0 Å². The summed E-state index contributed by atoms with van der Waals surface area (Å²) < 4.78 is 52.9. The van der Waals surface area contributed by atoms with E-state index in [4.69, 9.17) is 33.7 Å². The zero-order valence-corrected chi connectivity index (χ0v) is 24.6. The van der Waals surface area contributed by atoms with E-state index < -0.39 is 39.7 Å². The Bertz CT molecular complexity index is 1670. The van der Waals surface area contributed by atoms with Gasteiger partial charge in [-0.2, -0.15) is 13.0 Å². The minimum Gasteiger partial charge on any atom is -0.493 e. The molecule has 3 aromatic rings. The van der Waals surface area contributed by atoms with Gasteiger partial charge in [0, 0.05) is 18.9 Å². The number of hydrogen-bond acceptors (Lipinski definition) is 9. The second-order valence-corrected chi connectivity index (χ2v) is 11.0. The molecule has 0 aliphatic carbocycles. The summed E-state index contributed by atoms with van der Waals surface area (Å²) in [5.41, 5.74) is 4.21. The minimum atomic E-state index is -4.84. The number of fused-ring (bicyclic) bond motifs is 4. The Hall–Kier alpha value is -4.63. The van der Waals surface area contributed by atoms with Crippen LogP contribution in [0.15, 0.2) is 30.3 Å². The number of carbonyl (C=O) groups is 3. The molecule has 15 heteroatoms. The summed E-state index contributed by atoms with van der Waals surface area (Å²) in [6.45, 7) is 0.747. The maximum atomic E-state index is 11.4. The molecule has 0 bridgehead atoms. The second kappa shape index (κ2) is 13.6. The molecule has 1 atom stereocenters. The molecular weight excluding hydrogens is 590 g/mol. The Morgan fingerprint density at radius 3 is 1.88 bits per heavy atom. The predicted molar refractivity (Wildman–Crippen MR) is 151 cm³/mol. The number of pyridine rings is 1. The lowest BCUT2D eigenvalue weighted by atomic mass is 9.93. The maximum Gasteiger partial charge on any atom is 0.325 e. The first-order valence-electron chi connectivity index (χ1n) is 12.7. The molecule has 1 aliphatic heterocycles. The largest absolute Gasteiger partial charge is 0.493 e. The van der Waals surface area contributed by atoms with Crippen molar-refractivity contribution in [1.29, 1.82) is 0 Å². The average Bonchev–Trinajstić information content (AvgIpc) is 2.95. The van der Waals surface area contributed by atoms with Gasteiger partial charge in [0.2, 0.25) is 5.69 Å². The molecule has 0 radical (unpaired) electrons. The van der Waals surface area contributed by atoms with Crippen molar-refractivity contribution in [2.45, 2.75) is 37.5 Å². The Morgan fingerprint density at radius 2 is 1.40 bits per heavy atom. The summed E-state index contributed by atoms with van der Waals surface area (Å²) in [7, 11) is 1.62. The quantitative estimate of drug-likeness (QED) is 0.179. The van der Waals surface area contributed by atoms with E-state index in [-0.39, 0.29) is 6.42 Å². The molecule has 232 valence electrons. The average molecular weight is 623 g/mol. The van der Waals surface area contributed by atoms with Crippen molar-refractivity contribution in [3.05, 3.63) is 41.6 Å². The summed E-state index contributed by atoms with van der Waals surface area (Å²) >= 11 is 0. The van der Waals surface area contributed by atoms with Crippen molar-refractivity contribution in [1.82, 2.24) is 0 Å². The molecule has 0 amide bonds. The van der Waals surface area contributed by atoms with E-state index in [0.717, 1.165) is 40.7 Å². The fourth-order valence-electron chi connectivity index (χ4n) is 4.83. The smallest absolute Gasteiger partial charge is 0.325 e. The maximum absolute atomic E-state index is 11.4. The highest BCUT2D eigenvalue weighted by Crippen LogP contribution is 2.40. The van der Waals surface area contributed by atoms with Gasteiger partial charge in [0.15, 0.2) is 40.5 Å². The van der Waals surface area contributed by atoms with Crippen molar-refractivity contribution in [3.63, 3.8) is 0 Å². The van der Waals surface area contributed by atoms with E-state index in [1.54, 1.807) is 28.4 Å². The first-order valence-corrected chi connectivity index (χ1v) is 14.2. The number of methoxy groups -OCH3 is 4. The number of aromatic nitrogens is 1. The van der Waals surface area contributed by atoms with E-state index in [0.29, 0.717) is 29.4 Å². The molecular formula is C28H32NO13S+. The van der Waals surface area contributed by atoms with Gasteiger partial charge in [0.25, 0.3) is 10.1 Å². The minimum absolute atomic E-state index is 0.0473. The lowest BCUT2D eigenvalue weighted by molar-refractivity contribution is -0.693. The van der Waals surface area contributed by atoms with E-state index in [1.807, 2.05) is 24.3 Å². The Morgan fingerprint density at radius 1 is 0.837 bits per heavy atom. The van der Waals surface area contributed by atoms with Gasteiger partial charge in [-0.15, -0.1) is 0 Å². The first kappa shape index (κ1) is 32.9. The van der Waals surface area contributed by atoms with Crippen molar-refractivity contribution in [2.24, 2.45) is 0 Å². The summed E-state index contributed by atoms with van der Waals surface area (Å²) in [4.78, 5) is 31.4. The Labute approximate surface area is 246 Å². The normalized spacial score (nSPS) is 12.6. The second-order valence-electron chi connectivity index (χ2n) is 9.37. The Balaban J connectivity index is 0.000000359. The molecule has 43 heavy (non-hydrogen) atoms. The number of ether oxygens (including phenoxy) is 4. The third-order valence-corrected chi connectivity index (χ3v) is 7.92. The van der Waals surface area contributed by atoms with Gasteiger partial charge in [-0.25, -0.2) is 0 Å². The van der Waals surface area contributed by atoms with Gasteiger partial charge in [-0.05, 0) is 35.2 Å². The van der Waals surface area contributed by atoms with Gasteiger partial charge >= 0.3 is 17.9 Å². The molecule has 1 aromatic heterocycles. The van der Waals surface area contributed by atoms with Crippen molar-refractivity contribution < 1.29 is 66.2 Å². The van der Waals surface area contributed by atoms with Crippen LogP contribution in [0.4, 0.5) is 0 Å². The van der Waals surface area contributed by atoms with Crippen LogP contribution in [-0.2, 0) is 43.9 Å². The molecule has 14 nitrogen and oxygen atoms in total. The van der Waals surface area contributed by atoms with E-state index >= 15 is 0 Å². The van der Waals surface area contributed by atoms with Crippen LogP contribution in [-0.4, -0.2) is 79.9 Å². The summed E-state index contributed by atoms with van der Waals surface area (Å²) in [5.74, 6) is -1.71. The van der Waals surface area contributed by atoms with Crippen molar-refractivity contribution in [2.75, 3.05) is 28.4 Å². The predicted octanol–water partition coefficient (Wildman–Crippen LogP) is 2.20. The number of rotatable bonds is 11. The lowest BCUT2D eigenvalue weighted by Gasteiger charge is -2.21. The molecule has 0 saturated carbocycles. The molecule has 0 fully saturated rings. The van der Waals surface area contributed by atoms with Crippen LogP contribution in [0, 0.1) is 0 Å². The van der Waals surface area contributed by atoms with Gasteiger partial charge in [-0.3, -0.25) is 18.9 Å². The zero-order chi connectivity index (χ0) is 32.1. The van der Waals surface area contributed by atoms with E-state index in [1.165, 1.54) is 5.56 Å². The monoisotopic (exact) mass is 622 g/mol. The lowest BCUT2D eigenvalue weighted by Crippen LogP contribution is -2.44. The van der Waals surface area contributed by atoms with Gasteiger partial charge in [0.1, 0.15) is 0 Å². The number of carboxylic acids is 3. The van der Waals surface area contributed by atoms with Crippen LogP contribution < -0.4 is 23.5 Å². The fourth-order valence-corrected chi connectivity index (χ4v) is 5.44. The Kier molecular flexibility index (Phi) is 10.4. The highest BCUT2D eigenvalue weighted by molar-refractivity contribution is 7.87. The van der Waals surface area contributed by atoms with Gasteiger partial charge < -0.3 is 34.3 Å². The van der Waals surface area contributed by atoms with Crippen molar-refractivity contribution in [3.8, 4) is 34.3 Å². The topological polar surface area (TPSA) is 207 Å². The van der Waals surface area contributed by atoms with E-state index in [2.05, 4.69) is 10.6 Å². The first-order chi connectivity index (χ1) is 20.2. The number of aliphatic carboxylic acids is 3. The van der Waals surface area contributed by atoms with Crippen molar-refractivity contribution >= 4 is 38.8 Å². The number of carboxylic acid groups (broad SMARTS) is 3. The third kappa shape index (κ3) is 7.42. The van der Waals surface area contributed by atoms with Gasteiger partial charge in [0.05, 0.1) is 52.2 Å². The molecule has 1 unspecified atom stereocenters. The molecule has 4 N–H and O–H groups in total. The van der Waals surface area contributed by atoms with Crippen LogP contribution in [0.25, 0.3) is 22.0 Å². The van der Waals surface area contributed by atoms with Gasteiger partial charge in [-0.1, -0.05) is 0 Å². The molecule has 4 rings (SSSR count). The zero-order valence-electron chi connectivity index (χ0n) is 23.8. The van der Waals surface area contributed by atoms with Crippen LogP contribution in [0.3, 0.4) is 0 Å². The number of aryl methyl sites for hydroxylation is 2. The SMILES string of the molecule is COc1cc2c(cc1OC)-c1cc3cc(OC)c(OC)cc3c(CCC(=O)O)[n+]1CC2.O=C(O)CC(C(=O)O)S(=O)(=O)O. The number of nitrogens with zero attached hydrogens (tertiary/aromatic N) is 1. The van der Waals surface area contributed by atoms with Crippen LogP contribution in [0.2, 0.25) is 0 Å². The van der Waals surface area contributed by atoms with E-state index in [9.17, 15) is 27.9 Å². The summed E-state index contributed by atoms with van der Waals surface area (Å²) in [6, 6.07) is 10.0. The highest BCUT2D eigenvalue weighted by Gasteiger charge is 2.33. The molecule has 2 aromatic carbocycles. The highest BCUT2D eigenvalue weighted by atomic mass is 32.2. The van der Waals surface area contributed by atoms with Crippen LogP contribution >= 0.6 is 0 Å².